The first-order valence-electron chi connectivity index (χ1n) is 3.71. The molecule has 0 fully saturated rings. The van der Waals surface area contributed by atoms with E-state index in [2.05, 4.69) is 0 Å². The van der Waals surface area contributed by atoms with Crippen molar-refractivity contribution < 1.29 is 18.0 Å². The van der Waals surface area contributed by atoms with Gasteiger partial charge in [-0.25, -0.2) is 13.2 Å². The van der Waals surface area contributed by atoms with E-state index in [1.54, 1.807) is 0 Å². The predicted molar refractivity (Wildman–Crippen MR) is 44.8 cm³/mol. The van der Waals surface area contributed by atoms with Gasteiger partial charge in [-0.2, -0.15) is 0 Å². The Bertz CT molecular complexity index is 218. The Labute approximate surface area is 80.3 Å². The Morgan fingerprint density at radius 3 is 1.46 bits per heavy atom. The molecular formula is C8H12ClF3O. The van der Waals surface area contributed by atoms with Crippen LogP contribution in [0.3, 0.4) is 0 Å². The number of carbonyl (C=O) groups is 1. The highest BCUT2D eigenvalue weighted by molar-refractivity contribution is 6.64. The number of carbonyl (C=O) groups excluding carboxylic acids is 1. The van der Waals surface area contributed by atoms with E-state index in [1.807, 2.05) is 0 Å². The van der Waals surface area contributed by atoms with Gasteiger partial charge in [-0.1, -0.05) is 0 Å². The first kappa shape index (κ1) is 12.8. The highest BCUT2D eigenvalue weighted by Gasteiger charge is 2.61. The summed E-state index contributed by atoms with van der Waals surface area (Å²) in [4.78, 5) is 10.7. The summed E-state index contributed by atoms with van der Waals surface area (Å²) < 4.78 is 39.6. The molecule has 0 unspecified atom stereocenters. The van der Waals surface area contributed by atoms with E-state index < -0.39 is 22.2 Å². The summed E-state index contributed by atoms with van der Waals surface area (Å²) in [5, 5.41) is -1.25. The van der Waals surface area contributed by atoms with Gasteiger partial charge in [0.2, 0.25) is 5.24 Å². The summed E-state index contributed by atoms with van der Waals surface area (Å²) in [5.74, 6) is -3.79. The van der Waals surface area contributed by atoms with Gasteiger partial charge in [0.05, 0.1) is 0 Å². The normalized spacial score (nSPS) is 14.5. The first-order valence-corrected chi connectivity index (χ1v) is 4.09. The zero-order valence-corrected chi connectivity index (χ0v) is 8.68. The lowest BCUT2D eigenvalue weighted by atomic mass is 9.79. The predicted octanol–water partition coefficient (Wildman–Crippen LogP) is 3.16. The first-order chi connectivity index (χ1) is 5.44. The molecule has 0 amide bonds. The van der Waals surface area contributed by atoms with Crippen molar-refractivity contribution in [1.82, 2.24) is 0 Å². The highest BCUT2D eigenvalue weighted by atomic mass is 35.5. The van der Waals surface area contributed by atoms with Crippen LogP contribution in [-0.2, 0) is 4.79 Å². The molecule has 0 radical (unpaired) electrons. The van der Waals surface area contributed by atoms with Crippen LogP contribution in [0.15, 0.2) is 0 Å². The fourth-order valence-corrected chi connectivity index (χ4v) is 0.985. The van der Waals surface area contributed by atoms with E-state index in [-0.39, 0.29) is 0 Å². The molecule has 0 aliphatic carbocycles. The van der Waals surface area contributed by atoms with E-state index in [4.69, 9.17) is 11.6 Å². The van der Waals surface area contributed by atoms with Crippen molar-refractivity contribution >= 4 is 16.8 Å². The average Bonchev–Trinajstić information content (AvgIpc) is 1.84. The minimum atomic E-state index is -3.79. The molecule has 13 heavy (non-hydrogen) atoms. The zero-order chi connectivity index (χ0) is 11.1. The molecule has 0 atom stereocenters. The Kier molecular flexibility index (Phi) is 3.09. The number of hydrogen-bond acceptors (Lipinski definition) is 1. The standard InChI is InChI=1S/C8H12ClF3O/c1-6(2,5(9)13)8(11,12)7(3,4)10/h1-4H3. The lowest BCUT2D eigenvalue weighted by Gasteiger charge is -2.37. The van der Waals surface area contributed by atoms with E-state index in [0.29, 0.717) is 13.8 Å². The van der Waals surface area contributed by atoms with Gasteiger partial charge in [0.25, 0.3) is 5.92 Å². The summed E-state index contributed by atoms with van der Waals surface area (Å²) in [6, 6.07) is 0. The molecule has 0 N–H and O–H groups in total. The molecule has 0 saturated heterocycles. The van der Waals surface area contributed by atoms with Crippen LogP contribution in [0.5, 0.6) is 0 Å². The third kappa shape index (κ3) is 1.98. The van der Waals surface area contributed by atoms with Crippen LogP contribution < -0.4 is 0 Å². The summed E-state index contributed by atoms with van der Waals surface area (Å²) in [6.45, 7) is 3.27. The SMILES string of the molecule is CC(C)(F)C(F)(F)C(C)(C)C(=O)Cl. The molecule has 0 aromatic heterocycles. The van der Waals surface area contributed by atoms with Crippen molar-refractivity contribution in [1.29, 1.82) is 0 Å². The third-order valence-electron chi connectivity index (χ3n) is 2.02. The van der Waals surface area contributed by atoms with Crippen LogP contribution >= 0.6 is 11.6 Å². The van der Waals surface area contributed by atoms with E-state index in [9.17, 15) is 18.0 Å². The number of rotatable bonds is 3. The number of alkyl halides is 3. The third-order valence-corrected chi connectivity index (χ3v) is 2.50. The van der Waals surface area contributed by atoms with Crippen molar-refractivity contribution in [3.8, 4) is 0 Å². The van der Waals surface area contributed by atoms with Gasteiger partial charge in [0.15, 0.2) is 5.67 Å². The second-order valence-corrected chi connectivity index (χ2v) is 4.29. The Morgan fingerprint density at radius 2 is 1.38 bits per heavy atom. The number of halogens is 4. The monoisotopic (exact) mass is 216 g/mol. The molecule has 5 heteroatoms. The minimum Gasteiger partial charge on any atom is -0.280 e. The number of hydrogen-bond donors (Lipinski definition) is 0. The Balaban J connectivity index is 5.16. The molecule has 0 aliphatic rings. The quantitative estimate of drug-likeness (QED) is 0.663. The zero-order valence-electron chi connectivity index (χ0n) is 7.92. The molecule has 0 aromatic carbocycles. The molecule has 0 bridgehead atoms. The van der Waals surface area contributed by atoms with Gasteiger partial charge < -0.3 is 0 Å². The van der Waals surface area contributed by atoms with Crippen LogP contribution in [-0.4, -0.2) is 16.8 Å². The summed E-state index contributed by atoms with van der Waals surface area (Å²) >= 11 is 4.97. The molecule has 0 spiro atoms. The molecular weight excluding hydrogens is 205 g/mol. The largest absolute Gasteiger partial charge is 0.293 e. The van der Waals surface area contributed by atoms with Crippen molar-refractivity contribution in [3.63, 3.8) is 0 Å². The second-order valence-electron chi connectivity index (χ2n) is 3.95. The maximum atomic E-state index is 13.3. The van der Waals surface area contributed by atoms with Gasteiger partial charge in [-0.15, -0.1) is 0 Å². The molecule has 0 aromatic rings. The van der Waals surface area contributed by atoms with Gasteiger partial charge in [0, 0.05) is 0 Å². The maximum Gasteiger partial charge on any atom is 0.293 e. The maximum absolute atomic E-state index is 13.3. The fraction of sp³-hybridized carbons (Fsp3) is 0.875. The van der Waals surface area contributed by atoms with E-state index in [0.717, 1.165) is 13.8 Å². The van der Waals surface area contributed by atoms with Crippen molar-refractivity contribution in [2.45, 2.75) is 39.3 Å². The highest BCUT2D eigenvalue weighted by Crippen LogP contribution is 2.47. The molecule has 1 nitrogen and oxygen atoms in total. The Hall–Kier alpha value is -0.250. The van der Waals surface area contributed by atoms with Crippen molar-refractivity contribution in [2.75, 3.05) is 0 Å². The Morgan fingerprint density at radius 1 is 1.08 bits per heavy atom. The lowest BCUT2D eigenvalue weighted by molar-refractivity contribution is -0.192. The minimum absolute atomic E-state index is 0.717. The van der Waals surface area contributed by atoms with Crippen molar-refractivity contribution in [2.24, 2.45) is 5.41 Å². The van der Waals surface area contributed by atoms with Crippen LogP contribution in [0.25, 0.3) is 0 Å². The van der Waals surface area contributed by atoms with Crippen molar-refractivity contribution in [3.05, 3.63) is 0 Å². The van der Waals surface area contributed by atoms with Crippen LogP contribution in [0.4, 0.5) is 13.2 Å². The fourth-order valence-electron chi connectivity index (χ4n) is 0.867. The molecule has 0 saturated carbocycles. The molecule has 0 heterocycles. The second kappa shape index (κ2) is 3.15. The van der Waals surface area contributed by atoms with Gasteiger partial charge in [-0.05, 0) is 39.3 Å². The van der Waals surface area contributed by atoms with Gasteiger partial charge >= 0.3 is 0 Å². The smallest absolute Gasteiger partial charge is 0.280 e. The summed E-state index contributed by atoms with van der Waals surface area (Å²) in [6.07, 6.45) is 0. The van der Waals surface area contributed by atoms with Crippen LogP contribution in [0.2, 0.25) is 0 Å². The topological polar surface area (TPSA) is 17.1 Å². The lowest BCUT2D eigenvalue weighted by Crippen LogP contribution is -2.53. The van der Waals surface area contributed by atoms with E-state index >= 15 is 0 Å². The summed E-state index contributed by atoms with van der Waals surface area (Å²) in [7, 11) is 0. The van der Waals surface area contributed by atoms with Crippen LogP contribution in [0.1, 0.15) is 27.7 Å². The summed E-state index contributed by atoms with van der Waals surface area (Å²) in [5.41, 5.74) is -4.98. The average molecular weight is 217 g/mol. The molecule has 0 aliphatic heterocycles. The molecule has 0 rings (SSSR count). The van der Waals surface area contributed by atoms with Crippen LogP contribution in [0, 0.1) is 5.41 Å². The van der Waals surface area contributed by atoms with E-state index in [1.165, 1.54) is 0 Å². The van der Waals surface area contributed by atoms with Gasteiger partial charge in [-0.3, -0.25) is 4.79 Å². The van der Waals surface area contributed by atoms with Gasteiger partial charge in [0.1, 0.15) is 5.41 Å². The molecule has 78 valence electrons.